The second-order valence-electron chi connectivity index (χ2n) is 5.36. The number of ether oxygens (including phenoxy) is 1. The van der Waals surface area contributed by atoms with Crippen molar-refractivity contribution in [2.24, 2.45) is 5.73 Å². The molecule has 2 aromatic carbocycles. The highest BCUT2D eigenvalue weighted by Gasteiger charge is 2.10. The summed E-state index contributed by atoms with van der Waals surface area (Å²) in [5.41, 5.74) is 11.4. The van der Waals surface area contributed by atoms with Gasteiger partial charge in [-0.2, -0.15) is 0 Å². The van der Waals surface area contributed by atoms with Crippen LogP contribution in [0.3, 0.4) is 0 Å². The monoisotopic (exact) mass is 269 g/mol. The van der Waals surface area contributed by atoms with Gasteiger partial charge >= 0.3 is 0 Å². The summed E-state index contributed by atoms with van der Waals surface area (Å²) >= 11 is 0. The molecular formula is C18H23NO. The molecule has 0 saturated heterocycles. The number of methoxy groups -OCH3 is 1. The lowest BCUT2D eigenvalue weighted by Gasteiger charge is -2.16. The minimum absolute atomic E-state index is 0.0708. The van der Waals surface area contributed by atoms with E-state index in [9.17, 15) is 0 Å². The lowest BCUT2D eigenvalue weighted by molar-refractivity contribution is 0.414. The Morgan fingerprint density at radius 2 is 1.90 bits per heavy atom. The molecule has 0 fully saturated rings. The summed E-state index contributed by atoms with van der Waals surface area (Å²) in [6.45, 7) is 4.21. The fourth-order valence-corrected chi connectivity index (χ4v) is 2.54. The maximum atomic E-state index is 6.33. The Kier molecular flexibility index (Phi) is 4.80. The number of aryl methyl sites for hydroxylation is 3. The summed E-state index contributed by atoms with van der Waals surface area (Å²) in [6.07, 6.45) is 1.96. The first kappa shape index (κ1) is 14.6. The summed E-state index contributed by atoms with van der Waals surface area (Å²) < 4.78 is 5.23. The summed E-state index contributed by atoms with van der Waals surface area (Å²) in [5.74, 6) is 0.886. The van der Waals surface area contributed by atoms with Crippen molar-refractivity contribution in [3.8, 4) is 5.75 Å². The quantitative estimate of drug-likeness (QED) is 0.892. The molecule has 20 heavy (non-hydrogen) atoms. The van der Waals surface area contributed by atoms with Gasteiger partial charge in [0.15, 0.2) is 0 Å². The molecule has 0 aromatic heterocycles. The number of hydrogen-bond donors (Lipinski definition) is 1. The molecule has 0 radical (unpaired) electrons. The minimum Gasteiger partial charge on any atom is -0.497 e. The Hall–Kier alpha value is -1.80. The molecular weight excluding hydrogens is 246 g/mol. The van der Waals surface area contributed by atoms with E-state index in [0.717, 1.165) is 18.6 Å². The van der Waals surface area contributed by atoms with Crippen molar-refractivity contribution < 1.29 is 4.74 Å². The van der Waals surface area contributed by atoms with E-state index in [1.54, 1.807) is 7.11 Å². The third kappa shape index (κ3) is 3.61. The van der Waals surface area contributed by atoms with Crippen LogP contribution in [0.2, 0.25) is 0 Å². The lowest BCUT2D eigenvalue weighted by atomic mass is 9.96. The van der Waals surface area contributed by atoms with Crippen molar-refractivity contribution in [3.05, 3.63) is 64.7 Å². The maximum absolute atomic E-state index is 6.33. The van der Waals surface area contributed by atoms with Crippen LogP contribution in [0.5, 0.6) is 5.75 Å². The molecule has 1 atom stereocenters. The van der Waals surface area contributed by atoms with Crippen molar-refractivity contribution >= 4 is 0 Å². The molecule has 2 nitrogen and oxygen atoms in total. The van der Waals surface area contributed by atoms with Crippen LogP contribution in [0.15, 0.2) is 42.5 Å². The number of benzene rings is 2. The lowest BCUT2D eigenvalue weighted by Crippen LogP contribution is -2.12. The normalized spacial score (nSPS) is 12.2. The molecule has 0 amide bonds. The van der Waals surface area contributed by atoms with Gasteiger partial charge in [-0.05, 0) is 55.5 Å². The van der Waals surface area contributed by atoms with E-state index in [4.69, 9.17) is 10.5 Å². The Bertz CT molecular complexity index is 577. The van der Waals surface area contributed by atoms with Crippen molar-refractivity contribution in [2.45, 2.75) is 32.7 Å². The second-order valence-corrected chi connectivity index (χ2v) is 5.36. The fraction of sp³-hybridized carbons (Fsp3) is 0.333. The standard InChI is InChI=1S/C18H23NO/c1-13-5-4-6-15(11-13)7-10-18(19)17-9-8-16(20-3)12-14(17)2/h4-6,8-9,11-12,18H,7,10,19H2,1-3H3. The van der Waals surface area contributed by atoms with Crippen LogP contribution < -0.4 is 10.5 Å². The van der Waals surface area contributed by atoms with Crippen LogP contribution in [0.4, 0.5) is 0 Å². The average molecular weight is 269 g/mol. The van der Waals surface area contributed by atoms with Crippen molar-refractivity contribution in [1.29, 1.82) is 0 Å². The topological polar surface area (TPSA) is 35.2 Å². The number of hydrogen-bond acceptors (Lipinski definition) is 2. The molecule has 1 unspecified atom stereocenters. The first-order chi connectivity index (χ1) is 9.60. The predicted molar refractivity (Wildman–Crippen MR) is 84.2 cm³/mol. The first-order valence-corrected chi connectivity index (χ1v) is 7.06. The van der Waals surface area contributed by atoms with Crippen LogP contribution in [0, 0.1) is 13.8 Å². The van der Waals surface area contributed by atoms with E-state index in [1.165, 1.54) is 22.3 Å². The van der Waals surface area contributed by atoms with Gasteiger partial charge in [0.2, 0.25) is 0 Å². The van der Waals surface area contributed by atoms with Gasteiger partial charge in [0.25, 0.3) is 0 Å². The van der Waals surface area contributed by atoms with Gasteiger partial charge < -0.3 is 10.5 Å². The fourth-order valence-electron chi connectivity index (χ4n) is 2.54. The third-order valence-electron chi connectivity index (χ3n) is 3.70. The highest BCUT2D eigenvalue weighted by Crippen LogP contribution is 2.24. The zero-order valence-electron chi connectivity index (χ0n) is 12.5. The number of rotatable bonds is 5. The molecule has 2 rings (SSSR count). The minimum atomic E-state index is 0.0708. The van der Waals surface area contributed by atoms with Crippen LogP contribution in [0.25, 0.3) is 0 Å². The molecule has 0 aliphatic carbocycles. The van der Waals surface area contributed by atoms with E-state index in [0.29, 0.717) is 0 Å². The van der Waals surface area contributed by atoms with Crippen LogP contribution in [-0.4, -0.2) is 7.11 Å². The molecule has 0 aliphatic rings. The molecule has 2 aromatic rings. The van der Waals surface area contributed by atoms with Gasteiger partial charge in [0.05, 0.1) is 7.11 Å². The predicted octanol–water partition coefficient (Wildman–Crippen LogP) is 3.94. The summed E-state index contributed by atoms with van der Waals surface area (Å²) in [5, 5.41) is 0. The third-order valence-corrected chi connectivity index (χ3v) is 3.70. The van der Waals surface area contributed by atoms with Crippen molar-refractivity contribution in [3.63, 3.8) is 0 Å². The second kappa shape index (κ2) is 6.58. The summed E-state index contributed by atoms with van der Waals surface area (Å²) in [7, 11) is 1.69. The van der Waals surface area contributed by atoms with E-state index in [-0.39, 0.29) is 6.04 Å². The Balaban J connectivity index is 2.03. The Labute approximate surface area is 121 Å². The van der Waals surface area contributed by atoms with Gasteiger partial charge in [-0.3, -0.25) is 0 Å². The van der Waals surface area contributed by atoms with Gasteiger partial charge in [0, 0.05) is 6.04 Å². The van der Waals surface area contributed by atoms with Gasteiger partial charge in [-0.15, -0.1) is 0 Å². The molecule has 0 bridgehead atoms. The van der Waals surface area contributed by atoms with Gasteiger partial charge in [-0.25, -0.2) is 0 Å². The van der Waals surface area contributed by atoms with E-state index >= 15 is 0 Å². The Morgan fingerprint density at radius 1 is 1.10 bits per heavy atom. The maximum Gasteiger partial charge on any atom is 0.119 e. The van der Waals surface area contributed by atoms with E-state index in [1.807, 2.05) is 12.1 Å². The largest absolute Gasteiger partial charge is 0.497 e. The van der Waals surface area contributed by atoms with Crippen LogP contribution in [-0.2, 0) is 6.42 Å². The van der Waals surface area contributed by atoms with Crippen LogP contribution >= 0.6 is 0 Å². The van der Waals surface area contributed by atoms with E-state index < -0.39 is 0 Å². The van der Waals surface area contributed by atoms with Crippen molar-refractivity contribution in [2.75, 3.05) is 7.11 Å². The molecule has 0 aliphatic heterocycles. The Morgan fingerprint density at radius 3 is 2.55 bits per heavy atom. The first-order valence-electron chi connectivity index (χ1n) is 7.06. The van der Waals surface area contributed by atoms with E-state index in [2.05, 4.69) is 44.2 Å². The average Bonchev–Trinajstić information content (AvgIpc) is 2.44. The summed E-state index contributed by atoms with van der Waals surface area (Å²) in [6, 6.07) is 14.8. The zero-order chi connectivity index (χ0) is 14.5. The molecule has 0 saturated carbocycles. The molecule has 2 heteroatoms. The molecule has 0 spiro atoms. The smallest absolute Gasteiger partial charge is 0.119 e. The molecule has 106 valence electrons. The molecule has 0 heterocycles. The van der Waals surface area contributed by atoms with Crippen molar-refractivity contribution in [1.82, 2.24) is 0 Å². The molecule has 2 N–H and O–H groups in total. The van der Waals surface area contributed by atoms with Gasteiger partial charge in [-0.1, -0.05) is 35.9 Å². The highest BCUT2D eigenvalue weighted by atomic mass is 16.5. The number of nitrogens with two attached hydrogens (primary N) is 1. The van der Waals surface area contributed by atoms with Gasteiger partial charge in [0.1, 0.15) is 5.75 Å². The highest BCUT2D eigenvalue weighted by molar-refractivity contribution is 5.36. The summed E-state index contributed by atoms with van der Waals surface area (Å²) in [4.78, 5) is 0. The SMILES string of the molecule is COc1ccc(C(N)CCc2cccc(C)c2)c(C)c1. The van der Waals surface area contributed by atoms with Crippen LogP contribution in [0.1, 0.15) is 34.7 Å². The zero-order valence-corrected chi connectivity index (χ0v) is 12.5.